The van der Waals surface area contributed by atoms with Crippen LogP contribution in [-0.2, 0) is 0 Å². The summed E-state index contributed by atoms with van der Waals surface area (Å²) in [4.78, 5) is 0. The molecule has 5 nitrogen and oxygen atoms in total. The number of nitrogens with zero attached hydrogens (tertiary/aromatic N) is 2. The molecule has 0 radical (unpaired) electrons. The molecule has 0 unspecified atom stereocenters. The molecule has 0 spiro atoms. The number of halogens is 3. The van der Waals surface area contributed by atoms with Gasteiger partial charge < -0.3 is 14.8 Å². The molecule has 0 aliphatic rings. The minimum absolute atomic E-state index is 0.0323. The number of hydrogen-bond acceptors (Lipinski definition) is 5. The van der Waals surface area contributed by atoms with Gasteiger partial charge in [-0.3, -0.25) is 0 Å². The number of nitrogens with one attached hydrogen (secondary N) is 1. The Morgan fingerprint density at radius 3 is 2.55 bits per heavy atom. The van der Waals surface area contributed by atoms with Crippen molar-refractivity contribution in [2.45, 2.75) is 0 Å². The number of aromatic nitrogens is 2. The summed E-state index contributed by atoms with van der Waals surface area (Å²) in [6.45, 7) is 0. The van der Waals surface area contributed by atoms with E-state index in [2.05, 4.69) is 47.4 Å². The summed E-state index contributed by atoms with van der Waals surface area (Å²) in [5.41, 5.74) is 1.19. The lowest BCUT2D eigenvalue weighted by atomic mass is 10.2. The monoisotopic (exact) mass is 443 g/mol. The van der Waals surface area contributed by atoms with Gasteiger partial charge in [0.25, 0.3) is 5.89 Å². The normalized spacial score (nSPS) is 10.7. The lowest BCUT2D eigenvalue weighted by molar-refractivity contribution is 0.470. The maximum absolute atomic E-state index is 10.1. The first-order valence-corrected chi connectivity index (χ1v) is 8.04. The Morgan fingerprint density at radius 2 is 1.82 bits per heavy atom. The lowest BCUT2D eigenvalue weighted by Gasteiger charge is -2.03. The molecule has 22 heavy (non-hydrogen) atoms. The van der Waals surface area contributed by atoms with Crippen molar-refractivity contribution in [2.24, 2.45) is 0 Å². The zero-order chi connectivity index (χ0) is 15.7. The summed E-state index contributed by atoms with van der Waals surface area (Å²) >= 11 is 12.4. The molecule has 1 aromatic heterocycles. The van der Waals surface area contributed by atoms with Crippen molar-refractivity contribution in [1.29, 1.82) is 0 Å². The molecule has 0 aliphatic heterocycles. The van der Waals surface area contributed by atoms with E-state index in [1.54, 1.807) is 36.4 Å². The van der Waals surface area contributed by atoms with Crippen molar-refractivity contribution in [2.75, 3.05) is 5.32 Å². The smallest absolute Gasteiger partial charge is 0.320 e. The molecule has 3 aromatic rings. The van der Waals surface area contributed by atoms with Crippen LogP contribution in [0.3, 0.4) is 0 Å². The second kappa shape index (κ2) is 6.28. The van der Waals surface area contributed by atoms with Crippen LogP contribution in [0, 0.1) is 0 Å². The summed E-state index contributed by atoms with van der Waals surface area (Å²) in [5, 5.41) is 21.5. The number of aromatic hydroxyl groups is 1. The van der Waals surface area contributed by atoms with E-state index < -0.39 is 0 Å². The Bertz CT molecular complexity index is 821. The number of hydrogen-bond donors (Lipinski definition) is 2. The fourth-order valence-corrected chi connectivity index (χ4v) is 3.12. The zero-order valence-corrected chi connectivity index (χ0v) is 14.8. The standard InChI is InChI=1S/C14H8Br2ClN3O2/c15-7-5-10(12(21)11(16)6-7)13-19-20-14(22-13)18-9-3-1-8(17)2-4-9/h1-6,21H,(H,18,20). The van der Waals surface area contributed by atoms with Gasteiger partial charge in [-0.2, -0.15) is 0 Å². The van der Waals surface area contributed by atoms with Crippen LogP contribution in [0.4, 0.5) is 11.7 Å². The number of phenolic OH excluding ortho intramolecular Hbond substituents is 1. The molecule has 8 heteroatoms. The summed E-state index contributed by atoms with van der Waals surface area (Å²) in [5.74, 6) is 0.237. The second-order valence-corrected chi connectivity index (χ2v) is 6.53. The van der Waals surface area contributed by atoms with Gasteiger partial charge in [0.05, 0.1) is 10.0 Å². The third kappa shape index (κ3) is 3.26. The average Bonchev–Trinajstić information content (AvgIpc) is 2.93. The molecule has 2 N–H and O–H groups in total. The third-order valence-corrected chi connectivity index (χ3v) is 4.09. The molecule has 1 heterocycles. The van der Waals surface area contributed by atoms with Crippen molar-refractivity contribution in [3.8, 4) is 17.2 Å². The van der Waals surface area contributed by atoms with E-state index in [1.165, 1.54) is 0 Å². The van der Waals surface area contributed by atoms with Crippen LogP contribution < -0.4 is 5.32 Å². The van der Waals surface area contributed by atoms with E-state index in [9.17, 15) is 5.11 Å². The van der Waals surface area contributed by atoms with Crippen LogP contribution in [0.15, 0.2) is 49.8 Å². The molecular weight excluding hydrogens is 437 g/mol. The van der Waals surface area contributed by atoms with Crippen LogP contribution >= 0.6 is 43.5 Å². The first-order chi connectivity index (χ1) is 10.5. The number of benzene rings is 2. The molecule has 0 saturated carbocycles. The Balaban J connectivity index is 1.89. The highest BCUT2D eigenvalue weighted by atomic mass is 79.9. The molecule has 0 saturated heterocycles. The lowest BCUT2D eigenvalue weighted by Crippen LogP contribution is -1.89. The third-order valence-electron chi connectivity index (χ3n) is 2.78. The minimum atomic E-state index is 0.0323. The number of phenols is 1. The molecule has 112 valence electrons. The fourth-order valence-electron chi connectivity index (χ4n) is 1.77. The van der Waals surface area contributed by atoms with Gasteiger partial charge in [-0.25, -0.2) is 0 Å². The fraction of sp³-hybridized carbons (Fsp3) is 0. The SMILES string of the molecule is Oc1c(Br)cc(Br)cc1-c1nnc(Nc2ccc(Cl)cc2)o1. The Morgan fingerprint density at radius 1 is 1.09 bits per heavy atom. The highest BCUT2D eigenvalue weighted by molar-refractivity contribution is 9.11. The summed E-state index contributed by atoms with van der Waals surface area (Å²) in [6, 6.07) is 10.7. The van der Waals surface area contributed by atoms with E-state index in [-0.39, 0.29) is 17.7 Å². The van der Waals surface area contributed by atoms with Gasteiger partial charge in [0.1, 0.15) is 5.75 Å². The Labute approximate surface area is 147 Å². The number of rotatable bonds is 3. The molecule has 0 fully saturated rings. The Hall–Kier alpha value is -1.57. The number of anilines is 2. The quantitative estimate of drug-likeness (QED) is 0.568. The molecular formula is C14H8Br2ClN3O2. The topological polar surface area (TPSA) is 71.2 Å². The largest absolute Gasteiger partial charge is 0.506 e. The molecule has 0 aliphatic carbocycles. The van der Waals surface area contributed by atoms with Crippen LogP contribution in [0.2, 0.25) is 5.02 Å². The molecule has 0 atom stereocenters. The molecule has 3 rings (SSSR count). The predicted octanol–water partition coefficient (Wildman–Crippen LogP) is 5.36. The van der Waals surface area contributed by atoms with Gasteiger partial charge in [-0.15, -0.1) is 5.10 Å². The minimum Gasteiger partial charge on any atom is -0.506 e. The van der Waals surface area contributed by atoms with Crippen LogP contribution in [-0.4, -0.2) is 15.3 Å². The van der Waals surface area contributed by atoms with E-state index in [4.69, 9.17) is 16.0 Å². The summed E-state index contributed by atoms with van der Waals surface area (Å²) in [6.07, 6.45) is 0. The highest BCUT2D eigenvalue weighted by Crippen LogP contribution is 2.38. The van der Waals surface area contributed by atoms with Crippen LogP contribution in [0.25, 0.3) is 11.5 Å². The summed E-state index contributed by atoms with van der Waals surface area (Å²) in [7, 11) is 0. The van der Waals surface area contributed by atoms with E-state index >= 15 is 0 Å². The molecule has 0 bridgehead atoms. The zero-order valence-electron chi connectivity index (χ0n) is 10.8. The maximum Gasteiger partial charge on any atom is 0.320 e. The maximum atomic E-state index is 10.1. The van der Waals surface area contributed by atoms with E-state index in [1.807, 2.05) is 0 Å². The van der Waals surface area contributed by atoms with Crippen molar-refractivity contribution >= 4 is 55.2 Å². The van der Waals surface area contributed by atoms with Gasteiger partial charge >= 0.3 is 6.01 Å². The highest BCUT2D eigenvalue weighted by Gasteiger charge is 2.16. The van der Waals surface area contributed by atoms with Gasteiger partial charge in [0.15, 0.2) is 0 Å². The van der Waals surface area contributed by atoms with Crippen LogP contribution in [0.1, 0.15) is 0 Å². The van der Waals surface area contributed by atoms with Gasteiger partial charge in [0.2, 0.25) is 0 Å². The molecule has 0 amide bonds. The van der Waals surface area contributed by atoms with Crippen molar-refractivity contribution < 1.29 is 9.52 Å². The van der Waals surface area contributed by atoms with Gasteiger partial charge in [-0.1, -0.05) is 32.6 Å². The predicted molar refractivity (Wildman–Crippen MR) is 91.5 cm³/mol. The van der Waals surface area contributed by atoms with E-state index in [0.29, 0.717) is 15.1 Å². The van der Waals surface area contributed by atoms with Gasteiger partial charge in [0, 0.05) is 15.2 Å². The van der Waals surface area contributed by atoms with Crippen LogP contribution in [0.5, 0.6) is 5.75 Å². The average molecular weight is 445 g/mol. The van der Waals surface area contributed by atoms with Gasteiger partial charge in [-0.05, 0) is 52.3 Å². The molecule has 2 aromatic carbocycles. The van der Waals surface area contributed by atoms with Crippen molar-refractivity contribution in [3.63, 3.8) is 0 Å². The van der Waals surface area contributed by atoms with Crippen molar-refractivity contribution in [3.05, 3.63) is 50.4 Å². The van der Waals surface area contributed by atoms with Crippen molar-refractivity contribution in [1.82, 2.24) is 10.2 Å². The Kier molecular flexibility index (Phi) is 4.37. The first kappa shape index (κ1) is 15.3. The summed E-state index contributed by atoms with van der Waals surface area (Å²) < 4.78 is 6.83. The van der Waals surface area contributed by atoms with E-state index in [0.717, 1.165) is 10.2 Å². The first-order valence-electron chi connectivity index (χ1n) is 6.07. The second-order valence-electron chi connectivity index (χ2n) is 4.33.